The van der Waals surface area contributed by atoms with E-state index in [-0.39, 0.29) is 0 Å². The lowest BCUT2D eigenvalue weighted by Gasteiger charge is -2.05. The molecule has 0 amide bonds. The first-order valence-electron chi connectivity index (χ1n) is 5.40. The first kappa shape index (κ1) is 11.4. The molecule has 2 heterocycles. The Balaban J connectivity index is 1.89. The summed E-state index contributed by atoms with van der Waals surface area (Å²) in [5, 5.41) is 4.57. The summed E-state index contributed by atoms with van der Waals surface area (Å²) in [6.07, 6.45) is 2.06. The lowest BCUT2D eigenvalue weighted by Crippen LogP contribution is -2.15. The maximum absolute atomic E-state index is 4.50. The van der Waals surface area contributed by atoms with Crippen LogP contribution in [0.1, 0.15) is 21.3 Å². The molecule has 0 aliphatic heterocycles. The zero-order chi connectivity index (χ0) is 11.5. The summed E-state index contributed by atoms with van der Waals surface area (Å²) in [5.41, 5.74) is 2.47. The molecule has 0 aliphatic rings. The third-order valence-electron chi connectivity index (χ3n) is 2.65. The zero-order valence-electron chi connectivity index (χ0n) is 9.95. The summed E-state index contributed by atoms with van der Waals surface area (Å²) >= 11 is 1.76. The lowest BCUT2D eigenvalue weighted by atomic mass is 10.3. The molecule has 0 radical (unpaired) electrons. The Morgan fingerprint density at radius 1 is 1.38 bits per heavy atom. The quantitative estimate of drug-likeness (QED) is 0.882. The van der Waals surface area contributed by atoms with Gasteiger partial charge in [-0.15, -0.1) is 11.3 Å². The molecule has 16 heavy (non-hydrogen) atoms. The molecule has 86 valence electrons. The second-order valence-corrected chi connectivity index (χ2v) is 5.36. The van der Waals surface area contributed by atoms with Crippen LogP contribution in [0.2, 0.25) is 0 Å². The number of aromatic nitrogens is 2. The number of aryl methyl sites for hydroxylation is 3. The second-order valence-electron chi connectivity index (χ2n) is 3.95. The average Bonchev–Trinajstić information content (AvgIpc) is 2.75. The molecule has 1 N–H and O–H groups in total. The highest BCUT2D eigenvalue weighted by Gasteiger charge is 2.04. The number of hydrogen-bond donors (Lipinski definition) is 1. The summed E-state index contributed by atoms with van der Waals surface area (Å²) in [6, 6.07) is 4.20. The third kappa shape index (κ3) is 2.51. The Morgan fingerprint density at radius 2 is 2.19 bits per heavy atom. The van der Waals surface area contributed by atoms with Crippen molar-refractivity contribution in [1.82, 2.24) is 14.9 Å². The minimum Gasteiger partial charge on any atom is -0.353 e. The number of rotatable bonds is 4. The highest BCUT2D eigenvalue weighted by atomic mass is 32.1. The fraction of sp³-hybridized carbons (Fsp3) is 0.417. The van der Waals surface area contributed by atoms with Crippen molar-refractivity contribution in [3.8, 4) is 0 Å². The van der Waals surface area contributed by atoms with E-state index in [9.17, 15) is 0 Å². The first-order chi connectivity index (χ1) is 7.66. The molecular weight excluding hydrogens is 218 g/mol. The third-order valence-corrected chi connectivity index (χ3v) is 3.58. The molecule has 3 nitrogen and oxygen atoms in total. The summed E-state index contributed by atoms with van der Waals surface area (Å²) in [4.78, 5) is 5.82. The van der Waals surface area contributed by atoms with Crippen molar-refractivity contribution >= 4 is 11.3 Å². The largest absolute Gasteiger partial charge is 0.353 e. The molecule has 0 bridgehead atoms. The molecule has 0 saturated carbocycles. The van der Waals surface area contributed by atoms with Crippen molar-refractivity contribution in [1.29, 1.82) is 0 Å². The van der Waals surface area contributed by atoms with Gasteiger partial charge in [0.25, 0.3) is 0 Å². The van der Waals surface area contributed by atoms with Crippen LogP contribution in [0.5, 0.6) is 0 Å². The van der Waals surface area contributed by atoms with Crippen LogP contribution < -0.4 is 5.32 Å². The van der Waals surface area contributed by atoms with Crippen LogP contribution >= 0.6 is 11.3 Å². The normalized spacial score (nSPS) is 10.9. The van der Waals surface area contributed by atoms with E-state index < -0.39 is 0 Å². The minimum absolute atomic E-state index is 0.849. The topological polar surface area (TPSA) is 29.9 Å². The van der Waals surface area contributed by atoms with Gasteiger partial charge in [0.15, 0.2) is 0 Å². The average molecular weight is 235 g/mol. The Morgan fingerprint density at radius 3 is 2.75 bits per heavy atom. The Labute approximate surface area is 100 Å². The van der Waals surface area contributed by atoms with Gasteiger partial charge in [-0.3, -0.25) is 0 Å². The highest BCUT2D eigenvalue weighted by molar-refractivity contribution is 7.11. The van der Waals surface area contributed by atoms with Crippen LogP contribution in [0.3, 0.4) is 0 Å². The van der Waals surface area contributed by atoms with Crippen LogP contribution in [-0.4, -0.2) is 9.55 Å². The Bertz CT molecular complexity index is 470. The van der Waals surface area contributed by atoms with Crippen LogP contribution in [0.15, 0.2) is 18.3 Å². The molecule has 2 aromatic heterocycles. The van der Waals surface area contributed by atoms with E-state index in [4.69, 9.17) is 0 Å². The summed E-state index contributed by atoms with van der Waals surface area (Å²) in [6.45, 7) is 5.92. The molecular formula is C12H17N3S. The summed E-state index contributed by atoms with van der Waals surface area (Å²) in [7, 11) is 2.06. The summed E-state index contributed by atoms with van der Waals surface area (Å²) < 4.78 is 2.13. The maximum Gasteiger partial charge on any atom is 0.0900 e. The molecule has 0 unspecified atom stereocenters. The SMILES string of the molecule is Cc1nc(CNCc2cccn2C)c(C)s1. The zero-order valence-corrected chi connectivity index (χ0v) is 10.8. The van der Waals surface area contributed by atoms with Crippen molar-refractivity contribution < 1.29 is 0 Å². The molecule has 4 heteroatoms. The molecule has 0 saturated heterocycles. The van der Waals surface area contributed by atoms with E-state index in [1.165, 1.54) is 16.3 Å². The van der Waals surface area contributed by atoms with Gasteiger partial charge >= 0.3 is 0 Å². The first-order valence-corrected chi connectivity index (χ1v) is 6.22. The number of hydrogen-bond acceptors (Lipinski definition) is 3. The Hall–Kier alpha value is -1.13. The van der Waals surface area contributed by atoms with E-state index >= 15 is 0 Å². The van der Waals surface area contributed by atoms with Crippen molar-refractivity contribution in [2.24, 2.45) is 7.05 Å². The molecule has 2 aromatic rings. The van der Waals surface area contributed by atoms with Crippen LogP contribution in [0.4, 0.5) is 0 Å². The van der Waals surface area contributed by atoms with E-state index in [1.54, 1.807) is 11.3 Å². The fourth-order valence-electron chi connectivity index (χ4n) is 1.73. The van der Waals surface area contributed by atoms with E-state index in [2.05, 4.69) is 54.1 Å². The van der Waals surface area contributed by atoms with Gasteiger partial charge in [0, 0.05) is 36.9 Å². The number of nitrogens with one attached hydrogen (secondary N) is 1. The molecule has 0 fully saturated rings. The van der Waals surface area contributed by atoms with E-state index in [0.29, 0.717) is 0 Å². The fourth-order valence-corrected chi connectivity index (χ4v) is 2.56. The molecule has 0 spiro atoms. The predicted molar refractivity (Wildman–Crippen MR) is 67.5 cm³/mol. The van der Waals surface area contributed by atoms with E-state index in [0.717, 1.165) is 18.1 Å². The van der Waals surface area contributed by atoms with Gasteiger partial charge in [-0.2, -0.15) is 0 Å². The summed E-state index contributed by atoms with van der Waals surface area (Å²) in [5.74, 6) is 0. The molecule has 0 aliphatic carbocycles. The van der Waals surface area contributed by atoms with Crippen LogP contribution in [-0.2, 0) is 20.1 Å². The van der Waals surface area contributed by atoms with E-state index in [1.807, 2.05) is 0 Å². The van der Waals surface area contributed by atoms with Crippen molar-refractivity contribution in [3.63, 3.8) is 0 Å². The van der Waals surface area contributed by atoms with Gasteiger partial charge in [0.05, 0.1) is 10.7 Å². The smallest absolute Gasteiger partial charge is 0.0900 e. The van der Waals surface area contributed by atoms with Gasteiger partial charge in [-0.25, -0.2) is 4.98 Å². The van der Waals surface area contributed by atoms with Crippen LogP contribution in [0, 0.1) is 13.8 Å². The highest BCUT2D eigenvalue weighted by Crippen LogP contribution is 2.16. The standard InChI is InChI=1S/C12H17N3S/c1-9-12(14-10(2)16-9)8-13-7-11-5-4-6-15(11)3/h4-6,13H,7-8H2,1-3H3. The molecule has 0 aromatic carbocycles. The number of thiazole rings is 1. The van der Waals surface area contributed by atoms with Gasteiger partial charge < -0.3 is 9.88 Å². The minimum atomic E-state index is 0.849. The molecule has 2 rings (SSSR count). The Kier molecular flexibility index (Phi) is 3.41. The lowest BCUT2D eigenvalue weighted by molar-refractivity contribution is 0.645. The number of nitrogens with zero attached hydrogens (tertiary/aromatic N) is 2. The predicted octanol–water partition coefficient (Wildman–Crippen LogP) is 2.39. The van der Waals surface area contributed by atoms with Gasteiger partial charge in [0.2, 0.25) is 0 Å². The van der Waals surface area contributed by atoms with Crippen molar-refractivity contribution in [2.45, 2.75) is 26.9 Å². The van der Waals surface area contributed by atoms with Crippen LogP contribution in [0.25, 0.3) is 0 Å². The monoisotopic (exact) mass is 235 g/mol. The van der Waals surface area contributed by atoms with Crippen molar-refractivity contribution in [2.75, 3.05) is 0 Å². The maximum atomic E-state index is 4.50. The van der Waals surface area contributed by atoms with Gasteiger partial charge in [0.1, 0.15) is 0 Å². The van der Waals surface area contributed by atoms with Gasteiger partial charge in [-0.1, -0.05) is 0 Å². The molecule has 0 atom stereocenters. The van der Waals surface area contributed by atoms with Crippen molar-refractivity contribution in [3.05, 3.63) is 39.6 Å². The second kappa shape index (κ2) is 4.80. The van der Waals surface area contributed by atoms with Gasteiger partial charge in [-0.05, 0) is 26.0 Å².